The minimum absolute atomic E-state index is 0.0527. The van der Waals surface area contributed by atoms with E-state index in [0.29, 0.717) is 51.6 Å². The van der Waals surface area contributed by atoms with E-state index >= 15 is 0 Å². The second-order valence-electron chi connectivity index (χ2n) is 8.35. The molecule has 2 aromatic heterocycles. The van der Waals surface area contributed by atoms with Gasteiger partial charge in [0.05, 0.1) is 23.3 Å². The zero-order valence-electron chi connectivity index (χ0n) is 19.5. The van der Waals surface area contributed by atoms with E-state index in [0.717, 1.165) is 0 Å². The number of nitrogens with two attached hydrogens (primary N) is 1. The molecule has 0 radical (unpaired) electrons. The standard InChI is InChI=1S/C24H20FN7O3S2/c1-12-9-18(31-35-12)28-19(34)11-36-24-30-29-23(37-24)32-16-7-4-8-17(33)21(16)20(14(10-26)22(32)27)13-5-2-3-6-15(13)25/h2-3,5-6,9,20H,4,7-8,11,27H2,1H3,(H,28,31,34). The van der Waals surface area contributed by atoms with Gasteiger partial charge >= 0.3 is 0 Å². The number of allylic oxidation sites excluding steroid dienone is 3. The Hall–Kier alpha value is -4.02. The highest BCUT2D eigenvalue weighted by Crippen LogP contribution is 2.47. The van der Waals surface area contributed by atoms with Crippen LogP contribution in [0.3, 0.4) is 0 Å². The molecular formula is C24H20FN7O3S2. The molecule has 0 saturated carbocycles. The Morgan fingerprint density at radius 1 is 1.38 bits per heavy atom. The molecule has 1 unspecified atom stereocenters. The first kappa shape index (κ1) is 24.7. The summed E-state index contributed by atoms with van der Waals surface area (Å²) in [5.41, 5.74) is 7.73. The number of ketones is 1. The summed E-state index contributed by atoms with van der Waals surface area (Å²) in [6, 6.07) is 9.79. The van der Waals surface area contributed by atoms with Crippen LogP contribution in [0.15, 0.2) is 61.9 Å². The highest BCUT2D eigenvalue weighted by Gasteiger charge is 2.42. The number of benzene rings is 1. The summed E-state index contributed by atoms with van der Waals surface area (Å²) in [5, 5.41) is 25.1. The number of nitrogens with one attached hydrogen (secondary N) is 1. The van der Waals surface area contributed by atoms with E-state index in [4.69, 9.17) is 10.3 Å². The number of carbonyl (C=O) groups is 2. The highest BCUT2D eigenvalue weighted by molar-refractivity contribution is 8.01. The number of rotatable bonds is 6. The van der Waals surface area contributed by atoms with Gasteiger partial charge in [-0.25, -0.2) is 4.39 Å². The van der Waals surface area contributed by atoms with Crippen molar-refractivity contribution in [3.05, 3.63) is 70.1 Å². The van der Waals surface area contributed by atoms with Crippen molar-refractivity contribution in [2.75, 3.05) is 16.0 Å². The van der Waals surface area contributed by atoms with Gasteiger partial charge in [0, 0.05) is 29.3 Å². The molecule has 2 aliphatic rings. The summed E-state index contributed by atoms with van der Waals surface area (Å²) >= 11 is 2.34. The number of nitrogens with zero attached hydrogens (tertiary/aromatic N) is 5. The molecule has 3 N–H and O–H groups in total. The third-order valence-corrected chi connectivity index (χ3v) is 7.98. The van der Waals surface area contributed by atoms with Gasteiger partial charge in [-0.1, -0.05) is 46.5 Å². The predicted molar refractivity (Wildman–Crippen MR) is 135 cm³/mol. The first-order chi connectivity index (χ1) is 17.9. The summed E-state index contributed by atoms with van der Waals surface area (Å²) in [7, 11) is 0. The number of Topliss-reactive ketones (excluding diaryl/α,β-unsaturated/α-hetero) is 1. The van der Waals surface area contributed by atoms with Crippen molar-refractivity contribution in [1.29, 1.82) is 5.26 Å². The van der Waals surface area contributed by atoms with Crippen LogP contribution in [0, 0.1) is 24.1 Å². The molecule has 1 aromatic carbocycles. The summed E-state index contributed by atoms with van der Waals surface area (Å²) < 4.78 is 20.3. The summed E-state index contributed by atoms with van der Waals surface area (Å²) in [6.45, 7) is 1.72. The molecule has 1 atom stereocenters. The van der Waals surface area contributed by atoms with Gasteiger partial charge < -0.3 is 15.6 Å². The molecule has 0 fully saturated rings. The van der Waals surface area contributed by atoms with Crippen molar-refractivity contribution < 1.29 is 18.5 Å². The highest BCUT2D eigenvalue weighted by atomic mass is 32.2. The van der Waals surface area contributed by atoms with Gasteiger partial charge in [0.2, 0.25) is 11.0 Å². The molecule has 3 heterocycles. The van der Waals surface area contributed by atoms with E-state index in [2.05, 4.69) is 26.7 Å². The Kier molecular flexibility index (Phi) is 6.77. The smallest absolute Gasteiger partial charge is 0.236 e. The van der Waals surface area contributed by atoms with Crippen molar-refractivity contribution in [3.63, 3.8) is 0 Å². The SMILES string of the molecule is Cc1cc(NC(=O)CSc2nnc(N3C(N)=C(C#N)C(c4ccccc4F)C4=C3CCCC4=O)s2)no1. The number of nitriles is 1. The molecule has 1 aliphatic heterocycles. The lowest BCUT2D eigenvalue weighted by atomic mass is 9.75. The van der Waals surface area contributed by atoms with Crippen molar-refractivity contribution >= 4 is 45.7 Å². The third-order valence-electron chi connectivity index (χ3n) is 5.94. The van der Waals surface area contributed by atoms with Gasteiger partial charge in [-0.15, -0.1) is 10.2 Å². The van der Waals surface area contributed by atoms with Gasteiger partial charge in [0.1, 0.15) is 17.4 Å². The quantitative estimate of drug-likeness (QED) is 0.441. The number of amides is 1. The van der Waals surface area contributed by atoms with E-state index < -0.39 is 11.7 Å². The van der Waals surface area contributed by atoms with Crippen LogP contribution in [-0.4, -0.2) is 32.8 Å². The molecule has 188 valence electrons. The number of carbonyl (C=O) groups excluding carboxylic acids is 2. The molecule has 1 amide bonds. The van der Waals surface area contributed by atoms with Crippen molar-refractivity contribution in [3.8, 4) is 6.07 Å². The van der Waals surface area contributed by atoms with Crippen molar-refractivity contribution in [2.45, 2.75) is 36.4 Å². The zero-order valence-corrected chi connectivity index (χ0v) is 21.2. The normalized spacial score (nSPS) is 17.6. The second-order valence-corrected chi connectivity index (χ2v) is 10.5. The topological polar surface area (TPSA) is 151 Å². The van der Waals surface area contributed by atoms with Crippen molar-refractivity contribution in [1.82, 2.24) is 15.4 Å². The summed E-state index contributed by atoms with van der Waals surface area (Å²) in [6.07, 6.45) is 1.40. The lowest BCUT2D eigenvalue weighted by molar-refractivity contribution is -0.116. The predicted octanol–water partition coefficient (Wildman–Crippen LogP) is 4.01. The lowest BCUT2D eigenvalue weighted by Crippen LogP contribution is -2.38. The monoisotopic (exact) mass is 537 g/mol. The summed E-state index contributed by atoms with van der Waals surface area (Å²) in [4.78, 5) is 27.0. The van der Waals surface area contributed by atoms with E-state index in [-0.39, 0.29) is 34.4 Å². The largest absolute Gasteiger partial charge is 0.384 e. The van der Waals surface area contributed by atoms with Crippen LogP contribution < -0.4 is 16.0 Å². The average Bonchev–Trinajstić information content (AvgIpc) is 3.51. The first-order valence-electron chi connectivity index (χ1n) is 11.3. The number of halogens is 1. The Morgan fingerprint density at radius 3 is 2.92 bits per heavy atom. The van der Waals surface area contributed by atoms with E-state index in [1.807, 2.05) is 0 Å². The summed E-state index contributed by atoms with van der Waals surface area (Å²) in [5.74, 6) is -0.826. The van der Waals surface area contributed by atoms with Crippen LogP contribution in [0.1, 0.15) is 36.5 Å². The fourth-order valence-electron chi connectivity index (χ4n) is 4.41. The van der Waals surface area contributed by atoms with Crippen LogP contribution in [0.4, 0.5) is 15.3 Å². The lowest BCUT2D eigenvalue weighted by Gasteiger charge is -2.38. The van der Waals surface area contributed by atoms with E-state index in [1.54, 1.807) is 36.1 Å². The molecule has 3 aromatic rings. The molecule has 0 spiro atoms. The third kappa shape index (κ3) is 4.73. The minimum atomic E-state index is -0.893. The minimum Gasteiger partial charge on any atom is -0.384 e. The molecule has 5 rings (SSSR count). The average molecular weight is 538 g/mol. The Balaban J connectivity index is 1.44. The van der Waals surface area contributed by atoms with Crippen molar-refractivity contribution in [2.24, 2.45) is 5.73 Å². The van der Waals surface area contributed by atoms with Gasteiger partial charge in [-0.2, -0.15) is 5.26 Å². The molecule has 0 saturated heterocycles. The van der Waals surface area contributed by atoms with E-state index in [9.17, 15) is 19.2 Å². The second kappa shape index (κ2) is 10.2. The first-order valence-corrected chi connectivity index (χ1v) is 13.1. The molecule has 1 aliphatic carbocycles. The number of thioether (sulfide) groups is 1. The maximum Gasteiger partial charge on any atom is 0.236 e. The number of aryl methyl sites for hydroxylation is 1. The fraction of sp³-hybridized carbons (Fsp3) is 0.250. The van der Waals surface area contributed by atoms with Gasteiger partial charge in [0.15, 0.2) is 15.9 Å². The van der Waals surface area contributed by atoms with Crippen LogP contribution in [-0.2, 0) is 9.59 Å². The maximum absolute atomic E-state index is 14.8. The Morgan fingerprint density at radius 2 is 2.19 bits per heavy atom. The van der Waals surface area contributed by atoms with Crippen LogP contribution in [0.2, 0.25) is 0 Å². The number of anilines is 2. The van der Waals surface area contributed by atoms with Gasteiger partial charge in [-0.3, -0.25) is 14.5 Å². The number of aromatic nitrogens is 3. The number of hydrogen-bond donors (Lipinski definition) is 2. The zero-order chi connectivity index (χ0) is 26.1. The molecule has 13 heteroatoms. The van der Waals surface area contributed by atoms with E-state index in [1.165, 1.54) is 29.2 Å². The van der Waals surface area contributed by atoms with Crippen LogP contribution in [0.5, 0.6) is 0 Å². The van der Waals surface area contributed by atoms with Gasteiger partial charge in [-0.05, 0) is 25.8 Å². The van der Waals surface area contributed by atoms with Crippen LogP contribution in [0.25, 0.3) is 0 Å². The Bertz CT molecular complexity index is 1500. The molecule has 0 bridgehead atoms. The number of hydrogen-bond acceptors (Lipinski definition) is 11. The molecular weight excluding hydrogens is 517 g/mol. The fourth-order valence-corrected chi connectivity index (χ4v) is 6.09. The Labute approximate surface area is 219 Å². The van der Waals surface area contributed by atoms with Gasteiger partial charge in [0.25, 0.3) is 0 Å². The molecule has 10 nitrogen and oxygen atoms in total. The maximum atomic E-state index is 14.8. The van der Waals surface area contributed by atoms with Crippen LogP contribution >= 0.6 is 23.1 Å². The molecule has 37 heavy (non-hydrogen) atoms.